The fourth-order valence-electron chi connectivity index (χ4n) is 2.05. The van der Waals surface area contributed by atoms with Crippen LogP contribution in [0.15, 0.2) is 28.9 Å². The molecule has 0 aliphatic carbocycles. The third-order valence-corrected chi connectivity index (χ3v) is 3.51. The molecule has 2 heterocycles. The average Bonchev–Trinajstić information content (AvgIpc) is 3.02. The summed E-state index contributed by atoms with van der Waals surface area (Å²) in [5.41, 5.74) is 10.3. The van der Waals surface area contributed by atoms with E-state index in [4.69, 9.17) is 10.3 Å². The molecule has 0 atom stereocenters. The molecular weight excluding hydrogens is 254 g/mol. The van der Waals surface area contributed by atoms with Gasteiger partial charge in [-0.05, 0) is 25.5 Å². The Bertz CT molecular complexity index is 772. The van der Waals surface area contributed by atoms with E-state index in [2.05, 4.69) is 15.2 Å². The van der Waals surface area contributed by atoms with E-state index in [0.29, 0.717) is 17.4 Å². The van der Waals surface area contributed by atoms with Crippen LogP contribution in [0.25, 0.3) is 22.8 Å². The van der Waals surface area contributed by atoms with Gasteiger partial charge in [-0.2, -0.15) is 10.1 Å². The van der Waals surface area contributed by atoms with Crippen LogP contribution in [-0.2, 0) is 7.05 Å². The molecule has 3 rings (SSSR count). The molecule has 0 spiro atoms. The van der Waals surface area contributed by atoms with E-state index in [1.54, 1.807) is 10.9 Å². The number of hydrogen-bond donors (Lipinski definition) is 1. The molecular formula is C14H15N5O. The average molecular weight is 269 g/mol. The predicted molar refractivity (Wildman–Crippen MR) is 75.8 cm³/mol. The minimum atomic E-state index is 0.465. The van der Waals surface area contributed by atoms with Crippen LogP contribution in [0.1, 0.15) is 11.3 Å². The zero-order chi connectivity index (χ0) is 14.3. The standard InChI is InChI=1S/C14H15N5O/c1-8-10(5-4-6-12(8)15)13-17-14(20-18-13)11-7-16-19(3)9(11)2/h4-7H,15H2,1-3H3. The molecule has 0 aliphatic rings. The van der Waals surface area contributed by atoms with Gasteiger partial charge >= 0.3 is 0 Å². The highest BCUT2D eigenvalue weighted by atomic mass is 16.5. The Morgan fingerprint density at radius 3 is 2.70 bits per heavy atom. The molecule has 0 fully saturated rings. The third kappa shape index (κ3) is 1.85. The molecule has 20 heavy (non-hydrogen) atoms. The number of benzene rings is 1. The van der Waals surface area contributed by atoms with Gasteiger partial charge in [0.2, 0.25) is 5.82 Å². The fourth-order valence-corrected chi connectivity index (χ4v) is 2.05. The molecule has 3 aromatic rings. The summed E-state index contributed by atoms with van der Waals surface area (Å²) >= 11 is 0. The molecule has 0 unspecified atom stereocenters. The van der Waals surface area contributed by atoms with Crippen molar-refractivity contribution in [1.29, 1.82) is 0 Å². The van der Waals surface area contributed by atoms with Gasteiger partial charge in [0, 0.05) is 24.0 Å². The summed E-state index contributed by atoms with van der Waals surface area (Å²) in [6.45, 7) is 3.90. The topological polar surface area (TPSA) is 82.8 Å². The highest BCUT2D eigenvalue weighted by molar-refractivity contribution is 5.69. The Balaban J connectivity index is 2.07. The van der Waals surface area contributed by atoms with Crippen molar-refractivity contribution in [3.63, 3.8) is 0 Å². The smallest absolute Gasteiger partial charge is 0.261 e. The summed E-state index contributed by atoms with van der Waals surface area (Å²) in [4.78, 5) is 4.44. The van der Waals surface area contributed by atoms with Crippen LogP contribution < -0.4 is 5.73 Å². The zero-order valence-corrected chi connectivity index (χ0v) is 11.6. The highest BCUT2D eigenvalue weighted by Gasteiger charge is 2.16. The first-order valence-electron chi connectivity index (χ1n) is 6.26. The quantitative estimate of drug-likeness (QED) is 0.722. The van der Waals surface area contributed by atoms with Gasteiger partial charge in [0.15, 0.2) is 0 Å². The summed E-state index contributed by atoms with van der Waals surface area (Å²) in [5.74, 6) is 1.00. The summed E-state index contributed by atoms with van der Waals surface area (Å²) in [6.07, 6.45) is 1.72. The Kier molecular flexibility index (Phi) is 2.78. The van der Waals surface area contributed by atoms with Crippen LogP contribution in [0.3, 0.4) is 0 Å². The van der Waals surface area contributed by atoms with Gasteiger partial charge in [0.1, 0.15) is 0 Å². The molecule has 2 N–H and O–H groups in total. The first-order chi connectivity index (χ1) is 9.58. The Labute approximate surface area is 116 Å². The summed E-state index contributed by atoms with van der Waals surface area (Å²) in [7, 11) is 1.87. The van der Waals surface area contributed by atoms with Crippen LogP contribution in [0.5, 0.6) is 0 Å². The number of nitrogens with zero attached hydrogens (tertiary/aromatic N) is 4. The van der Waals surface area contributed by atoms with Crippen LogP contribution in [0.2, 0.25) is 0 Å². The number of nitrogen functional groups attached to an aromatic ring is 1. The Morgan fingerprint density at radius 2 is 2.00 bits per heavy atom. The fraction of sp³-hybridized carbons (Fsp3) is 0.214. The van der Waals surface area contributed by atoms with Crippen molar-refractivity contribution in [3.05, 3.63) is 35.7 Å². The summed E-state index contributed by atoms with van der Waals surface area (Å²) in [5, 5.41) is 8.21. The van der Waals surface area contributed by atoms with Crippen molar-refractivity contribution in [1.82, 2.24) is 19.9 Å². The Hall–Kier alpha value is -2.63. The second-order valence-electron chi connectivity index (χ2n) is 4.71. The van der Waals surface area contributed by atoms with Crippen LogP contribution >= 0.6 is 0 Å². The normalized spacial score (nSPS) is 10.9. The van der Waals surface area contributed by atoms with E-state index in [9.17, 15) is 0 Å². The number of anilines is 1. The lowest BCUT2D eigenvalue weighted by Gasteiger charge is -2.03. The van der Waals surface area contributed by atoms with Crippen molar-refractivity contribution in [2.45, 2.75) is 13.8 Å². The van der Waals surface area contributed by atoms with Crippen molar-refractivity contribution in [3.8, 4) is 22.8 Å². The lowest BCUT2D eigenvalue weighted by atomic mass is 10.1. The second-order valence-corrected chi connectivity index (χ2v) is 4.71. The number of aromatic nitrogens is 4. The molecule has 0 aliphatic heterocycles. The lowest BCUT2D eigenvalue weighted by molar-refractivity contribution is 0.432. The molecule has 2 aromatic heterocycles. The molecule has 102 valence electrons. The molecule has 0 saturated heterocycles. The van der Waals surface area contributed by atoms with Gasteiger partial charge in [-0.25, -0.2) is 0 Å². The van der Waals surface area contributed by atoms with Gasteiger partial charge in [0.25, 0.3) is 5.89 Å². The van der Waals surface area contributed by atoms with Gasteiger partial charge in [0.05, 0.1) is 11.8 Å². The number of rotatable bonds is 2. The van der Waals surface area contributed by atoms with Crippen molar-refractivity contribution in [2.75, 3.05) is 5.73 Å². The molecule has 6 nitrogen and oxygen atoms in total. The molecule has 0 radical (unpaired) electrons. The minimum absolute atomic E-state index is 0.465. The lowest BCUT2D eigenvalue weighted by Crippen LogP contribution is -1.93. The highest BCUT2D eigenvalue weighted by Crippen LogP contribution is 2.28. The molecule has 0 saturated carbocycles. The van der Waals surface area contributed by atoms with Gasteiger partial charge < -0.3 is 10.3 Å². The van der Waals surface area contributed by atoms with Crippen LogP contribution in [0, 0.1) is 13.8 Å². The summed E-state index contributed by atoms with van der Waals surface area (Å²) < 4.78 is 7.11. The van der Waals surface area contributed by atoms with E-state index in [1.165, 1.54) is 0 Å². The molecule has 6 heteroatoms. The van der Waals surface area contributed by atoms with E-state index >= 15 is 0 Å². The van der Waals surface area contributed by atoms with E-state index < -0.39 is 0 Å². The number of aryl methyl sites for hydroxylation is 1. The molecule has 0 amide bonds. The van der Waals surface area contributed by atoms with E-state index in [1.807, 2.05) is 39.1 Å². The summed E-state index contributed by atoms with van der Waals surface area (Å²) in [6, 6.07) is 5.66. The maximum absolute atomic E-state index is 5.90. The monoisotopic (exact) mass is 269 g/mol. The largest absolute Gasteiger partial charge is 0.398 e. The number of nitrogens with two attached hydrogens (primary N) is 1. The minimum Gasteiger partial charge on any atom is -0.398 e. The first kappa shape index (κ1) is 12.4. The zero-order valence-electron chi connectivity index (χ0n) is 11.6. The van der Waals surface area contributed by atoms with Crippen molar-refractivity contribution in [2.24, 2.45) is 7.05 Å². The third-order valence-electron chi connectivity index (χ3n) is 3.51. The first-order valence-corrected chi connectivity index (χ1v) is 6.26. The van der Waals surface area contributed by atoms with E-state index in [0.717, 1.165) is 22.4 Å². The van der Waals surface area contributed by atoms with Crippen molar-refractivity contribution >= 4 is 5.69 Å². The van der Waals surface area contributed by atoms with E-state index in [-0.39, 0.29) is 0 Å². The molecule has 1 aromatic carbocycles. The van der Waals surface area contributed by atoms with Crippen LogP contribution in [-0.4, -0.2) is 19.9 Å². The van der Waals surface area contributed by atoms with Gasteiger partial charge in [-0.1, -0.05) is 17.3 Å². The SMILES string of the molecule is Cc1c(N)cccc1-c1noc(-c2cnn(C)c2C)n1. The number of hydrogen-bond acceptors (Lipinski definition) is 5. The molecule has 0 bridgehead atoms. The van der Waals surface area contributed by atoms with Crippen LogP contribution in [0.4, 0.5) is 5.69 Å². The maximum atomic E-state index is 5.90. The second kappa shape index (κ2) is 4.48. The maximum Gasteiger partial charge on any atom is 0.261 e. The van der Waals surface area contributed by atoms with Gasteiger partial charge in [-0.3, -0.25) is 4.68 Å². The van der Waals surface area contributed by atoms with Crippen molar-refractivity contribution < 1.29 is 4.52 Å². The van der Waals surface area contributed by atoms with Gasteiger partial charge in [-0.15, -0.1) is 0 Å². The predicted octanol–water partition coefficient (Wildman–Crippen LogP) is 2.34. The Morgan fingerprint density at radius 1 is 1.20 bits per heavy atom.